The number of halogens is 2. The molecule has 4 rings (SSSR count). The van der Waals surface area contributed by atoms with Crippen LogP contribution in [0.5, 0.6) is 5.75 Å². The predicted molar refractivity (Wildman–Crippen MR) is 134 cm³/mol. The summed E-state index contributed by atoms with van der Waals surface area (Å²) in [6.45, 7) is 5.88. The molecule has 7 nitrogen and oxygen atoms in total. The summed E-state index contributed by atoms with van der Waals surface area (Å²) in [5.74, 6) is 2.14. The SMILES string of the molecule is CCNC(=NCCc1nnc2ccccn12)NC(C)c1ccc(OCC2CC2)c(F)c1.I. The average Bonchev–Trinajstić information content (AvgIpc) is 3.52. The number of ether oxygens (including phenoxy) is 1. The number of pyridine rings is 1. The minimum atomic E-state index is -0.326. The summed E-state index contributed by atoms with van der Waals surface area (Å²) in [6.07, 6.45) is 4.98. The number of hydrogen-bond donors (Lipinski definition) is 2. The van der Waals surface area contributed by atoms with Crippen molar-refractivity contribution in [2.45, 2.75) is 39.2 Å². The third kappa shape index (κ3) is 6.30. The molecule has 1 unspecified atom stereocenters. The van der Waals surface area contributed by atoms with E-state index in [0.717, 1.165) is 23.6 Å². The molecule has 1 aliphatic rings. The lowest BCUT2D eigenvalue weighted by molar-refractivity contribution is 0.285. The maximum atomic E-state index is 14.4. The second-order valence-electron chi connectivity index (χ2n) is 7.87. The van der Waals surface area contributed by atoms with Gasteiger partial charge in [-0.1, -0.05) is 12.1 Å². The van der Waals surface area contributed by atoms with E-state index < -0.39 is 0 Å². The first-order valence-corrected chi connectivity index (χ1v) is 10.9. The van der Waals surface area contributed by atoms with Crippen LogP contribution >= 0.6 is 24.0 Å². The van der Waals surface area contributed by atoms with E-state index in [9.17, 15) is 4.39 Å². The Hall–Kier alpha value is -2.43. The van der Waals surface area contributed by atoms with Gasteiger partial charge in [-0.2, -0.15) is 0 Å². The zero-order chi connectivity index (χ0) is 21.6. The van der Waals surface area contributed by atoms with Crippen molar-refractivity contribution in [2.75, 3.05) is 19.7 Å². The third-order valence-corrected chi connectivity index (χ3v) is 5.31. The summed E-state index contributed by atoms with van der Waals surface area (Å²) in [7, 11) is 0. The van der Waals surface area contributed by atoms with Gasteiger partial charge in [-0.05, 0) is 62.4 Å². The van der Waals surface area contributed by atoms with Gasteiger partial charge >= 0.3 is 0 Å². The molecule has 1 atom stereocenters. The molecule has 2 N–H and O–H groups in total. The van der Waals surface area contributed by atoms with Crippen molar-refractivity contribution in [2.24, 2.45) is 10.9 Å². The fourth-order valence-corrected chi connectivity index (χ4v) is 3.33. The molecule has 0 bridgehead atoms. The molecule has 9 heteroatoms. The monoisotopic (exact) mass is 552 g/mol. The smallest absolute Gasteiger partial charge is 0.191 e. The summed E-state index contributed by atoms with van der Waals surface area (Å²) >= 11 is 0. The topological polar surface area (TPSA) is 75.8 Å². The number of fused-ring (bicyclic) bond motifs is 1. The van der Waals surface area contributed by atoms with E-state index in [1.54, 1.807) is 6.07 Å². The molecule has 2 heterocycles. The van der Waals surface area contributed by atoms with Gasteiger partial charge in [-0.15, -0.1) is 34.2 Å². The number of nitrogens with zero attached hydrogens (tertiary/aromatic N) is 4. The van der Waals surface area contributed by atoms with Crippen LogP contribution in [0.1, 0.15) is 44.1 Å². The highest BCUT2D eigenvalue weighted by Crippen LogP contribution is 2.30. The van der Waals surface area contributed by atoms with E-state index >= 15 is 0 Å². The average molecular weight is 552 g/mol. The number of guanidine groups is 1. The normalized spacial score (nSPS) is 14.7. The van der Waals surface area contributed by atoms with E-state index in [4.69, 9.17) is 4.74 Å². The summed E-state index contributed by atoms with van der Waals surface area (Å²) in [4.78, 5) is 4.65. The maximum absolute atomic E-state index is 14.4. The lowest BCUT2D eigenvalue weighted by atomic mass is 10.1. The van der Waals surface area contributed by atoms with E-state index in [1.165, 1.54) is 18.9 Å². The molecule has 0 saturated heterocycles. The highest BCUT2D eigenvalue weighted by Gasteiger charge is 2.22. The molecule has 1 fully saturated rings. The lowest BCUT2D eigenvalue weighted by Crippen LogP contribution is -2.39. The molecule has 0 aliphatic heterocycles. The van der Waals surface area contributed by atoms with Gasteiger partial charge < -0.3 is 15.4 Å². The zero-order valence-corrected chi connectivity index (χ0v) is 20.8. The molecule has 0 amide bonds. The molecule has 1 aromatic carbocycles. The molecule has 3 aromatic rings. The van der Waals surface area contributed by atoms with Crippen LogP contribution in [-0.4, -0.2) is 40.3 Å². The molecule has 0 radical (unpaired) electrons. The summed E-state index contributed by atoms with van der Waals surface area (Å²) < 4.78 is 22.0. The molecular formula is C23H30FIN6O. The van der Waals surface area contributed by atoms with Crippen molar-refractivity contribution < 1.29 is 9.13 Å². The maximum Gasteiger partial charge on any atom is 0.191 e. The molecule has 172 valence electrons. The van der Waals surface area contributed by atoms with Crippen LogP contribution in [0.15, 0.2) is 47.6 Å². The molecule has 2 aromatic heterocycles. The quantitative estimate of drug-likeness (QED) is 0.237. The lowest BCUT2D eigenvalue weighted by Gasteiger charge is -2.19. The van der Waals surface area contributed by atoms with E-state index in [-0.39, 0.29) is 35.8 Å². The van der Waals surface area contributed by atoms with Crippen LogP contribution in [-0.2, 0) is 6.42 Å². The van der Waals surface area contributed by atoms with Gasteiger partial charge in [0.25, 0.3) is 0 Å². The minimum absolute atomic E-state index is 0. The van der Waals surface area contributed by atoms with Gasteiger partial charge in [0, 0.05) is 25.7 Å². The van der Waals surface area contributed by atoms with Gasteiger partial charge in [0.1, 0.15) is 5.82 Å². The highest BCUT2D eigenvalue weighted by atomic mass is 127. The van der Waals surface area contributed by atoms with Gasteiger partial charge in [0.2, 0.25) is 0 Å². The number of rotatable bonds is 9. The van der Waals surface area contributed by atoms with E-state index in [1.807, 2.05) is 48.7 Å². The molecule has 1 saturated carbocycles. The Balaban J connectivity index is 0.00000289. The fraction of sp³-hybridized carbons (Fsp3) is 0.435. The van der Waals surface area contributed by atoms with Crippen molar-refractivity contribution in [1.82, 2.24) is 25.2 Å². The van der Waals surface area contributed by atoms with Crippen molar-refractivity contribution in [3.63, 3.8) is 0 Å². The summed E-state index contributed by atoms with van der Waals surface area (Å²) in [6, 6.07) is 10.9. The van der Waals surface area contributed by atoms with Gasteiger partial charge in [0.05, 0.1) is 12.6 Å². The Morgan fingerprint density at radius 2 is 2.12 bits per heavy atom. The van der Waals surface area contributed by atoms with Crippen LogP contribution in [0.2, 0.25) is 0 Å². The van der Waals surface area contributed by atoms with Gasteiger partial charge in [-0.25, -0.2) is 4.39 Å². The van der Waals surface area contributed by atoms with Crippen molar-refractivity contribution in [3.05, 3.63) is 59.8 Å². The Labute approximate surface area is 204 Å². The molecule has 32 heavy (non-hydrogen) atoms. The first-order chi connectivity index (χ1) is 15.1. The first-order valence-electron chi connectivity index (χ1n) is 10.9. The van der Waals surface area contributed by atoms with Crippen LogP contribution in [0.3, 0.4) is 0 Å². The van der Waals surface area contributed by atoms with Crippen LogP contribution in [0, 0.1) is 11.7 Å². The molecular weight excluding hydrogens is 522 g/mol. The number of hydrogen-bond acceptors (Lipinski definition) is 4. The minimum Gasteiger partial charge on any atom is -0.490 e. The second-order valence-corrected chi connectivity index (χ2v) is 7.87. The second kappa shape index (κ2) is 11.4. The van der Waals surface area contributed by atoms with Crippen molar-refractivity contribution >= 4 is 35.6 Å². The predicted octanol–water partition coefficient (Wildman–Crippen LogP) is 4.13. The number of nitrogens with one attached hydrogen (secondary N) is 2. The summed E-state index contributed by atoms with van der Waals surface area (Å²) in [5, 5.41) is 15.0. The van der Waals surface area contributed by atoms with Crippen molar-refractivity contribution in [3.8, 4) is 5.75 Å². The van der Waals surface area contributed by atoms with Crippen LogP contribution < -0.4 is 15.4 Å². The zero-order valence-electron chi connectivity index (χ0n) is 18.4. The fourth-order valence-electron chi connectivity index (χ4n) is 3.33. The highest BCUT2D eigenvalue weighted by molar-refractivity contribution is 14.0. The number of aromatic nitrogens is 3. The van der Waals surface area contributed by atoms with Gasteiger partial charge in [-0.3, -0.25) is 9.39 Å². The Kier molecular flexibility index (Phi) is 8.66. The number of benzene rings is 1. The largest absolute Gasteiger partial charge is 0.490 e. The van der Waals surface area contributed by atoms with E-state index in [0.29, 0.717) is 37.2 Å². The van der Waals surface area contributed by atoms with Crippen LogP contribution in [0.4, 0.5) is 4.39 Å². The molecule has 1 aliphatic carbocycles. The molecule has 0 spiro atoms. The Bertz CT molecular complexity index is 1050. The number of aliphatic imine (C=N–C) groups is 1. The van der Waals surface area contributed by atoms with E-state index in [2.05, 4.69) is 25.8 Å². The third-order valence-electron chi connectivity index (χ3n) is 5.31. The standard InChI is InChI=1S/C23H29FN6O.HI/c1-3-25-23(26-12-11-22-29-28-21-6-4-5-13-30(21)22)27-16(2)18-9-10-20(19(24)14-18)31-15-17-7-8-17;/h4-6,9-10,13-14,16-17H,3,7-8,11-12,15H2,1-2H3,(H2,25,26,27);1H. The van der Waals surface area contributed by atoms with Crippen molar-refractivity contribution in [1.29, 1.82) is 0 Å². The van der Waals surface area contributed by atoms with Gasteiger partial charge in [0.15, 0.2) is 23.2 Å². The Morgan fingerprint density at radius 3 is 2.88 bits per heavy atom. The Morgan fingerprint density at radius 1 is 1.28 bits per heavy atom. The first kappa shape index (κ1) is 24.2. The van der Waals surface area contributed by atoms with Crippen LogP contribution in [0.25, 0.3) is 5.65 Å². The summed E-state index contributed by atoms with van der Waals surface area (Å²) in [5.41, 5.74) is 1.66.